The van der Waals surface area contributed by atoms with Crippen molar-refractivity contribution in [2.45, 2.75) is 19.4 Å². The van der Waals surface area contributed by atoms with Crippen molar-refractivity contribution in [1.82, 2.24) is 20.0 Å². The van der Waals surface area contributed by atoms with Crippen LogP contribution in [-0.2, 0) is 11.3 Å². The van der Waals surface area contributed by atoms with Gasteiger partial charge in [-0.2, -0.15) is 5.10 Å². The molecule has 0 unspecified atom stereocenters. The Bertz CT molecular complexity index is 882. The van der Waals surface area contributed by atoms with E-state index in [1.807, 2.05) is 53.0 Å². The number of hydrogen-bond acceptors (Lipinski definition) is 4. The summed E-state index contributed by atoms with van der Waals surface area (Å²) in [5.41, 5.74) is 3.05. The first-order chi connectivity index (χ1) is 13.2. The lowest BCUT2D eigenvalue weighted by Crippen LogP contribution is -2.38. The predicted octanol–water partition coefficient (Wildman–Crippen LogP) is 3.56. The van der Waals surface area contributed by atoms with Gasteiger partial charge in [0.2, 0.25) is 5.91 Å². The van der Waals surface area contributed by atoms with Gasteiger partial charge in [-0.05, 0) is 49.5 Å². The van der Waals surface area contributed by atoms with Crippen LogP contribution in [0.2, 0.25) is 0 Å². The van der Waals surface area contributed by atoms with Crippen molar-refractivity contribution in [3.63, 3.8) is 0 Å². The molecule has 5 nitrogen and oxygen atoms in total. The van der Waals surface area contributed by atoms with Crippen molar-refractivity contribution in [2.75, 3.05) is 20.1 Å². The quantitative estimate of drug-likeness (QED) is 0.736. The van der Waals surface area contributed by atoms with Gasteiger partial charge in [-0.3, -0.25) is 4.79 Å². The van der Waals surface area contributed by atoms with Crippen molar-refractivity contribution in [2.24, 2.45) is 5.92 Å². The third kappa shape index (κ3) is 3.96. The lowest BCUT2D eigenvalue weighted by Gasteiger charge is -2.26. The predicted molar refractivity (Wildman–Crippen MR) is 109 cm³/mol. The van der Waals surface area contributed by atoms with Crippen LogP contribution in [0.25, 0.3) is 16.3 Å². The standard InChI is InChI=1S/C21H24N4OS/c1-24(21(26)16-9-11-22-12-10-16)14-17-15-25(18-6-3-2-4-7-18)23-20(17)19-8-5-13-27-19/h2-8,13,15-16,22H,9-12,14H2,1H3. The molecule has 1 saturated heterocycles. The fourth-order valence-electron chi connectivity index (χ4n) is 3.57. The minimum absolute atomic E-state index is 0.130. The largest absolute Gasteiger partial charge is 0.341 e. The summed E-state index contributed by atoms with van der Waals surface area (Å²) < 4.78 is 1.91. The maximum atomic E-state index is 12.9. The van der Waals surface area contributed by atoms with Crippen molar-refractivity contribution in [3.05, 3.63) is 59.6 Å². The summed E-state index contributed by atoms with van der Waals surface area (Å²) in [5, 5.41) is 10.2. The van der Waals surface area contributed by atoms with Gasteiger partial charge in [-0.1, -0.05) is 24.3 Å². The second-order valence-corrected chi connectivity index (χ2v) is 7.93. The molecule has 1 fully saturated rings. The van der Waals surface area contributed by atoms with Crippen LogP contribution in [0.4, 0.5) is 0 Å². The summed E-state index contributed by atoms with van der Waals surface area (Å²) >= 11 is 1.67. The first-order valence-electron chi connectivity index (χ1n) is 9.36. The van der Waals surface area contributed by atoms with Crippen molar-refractivity contribution < 1.29 is 4.79 Å². The molecule has 0 atom stereocenters. The molecular weight excluding hydrogens is 356 g/mol. The zero-order valence-corrected chi connectivity index (χ0v) is 16.3. The molecule has 0 spiro atoms. The molecule has 0 bridgehead atoms. The second kappa shape index (κ2) is 8.06. The van der Waals surface area contributed by atoms with Crippen LogP contribution in [-0.4, -0.2) is 40.7 Å². The maximum absolute atomic E-state index is 12.9. The van der Waals surface area contributed by atoms with E-state index in [4.69, 9.17) is 5.10 Å². The van der Waals surface area contributed by atoms with Crippen molar-refractivity contribution in [1.29, 1.82) is 0 Å². The number of piperidine rings is 1. The zero-order chi connectivity index (χ0) is 18.6. The molecule has 1 aromatic carbocycles. The van der Waals surface area contributed by atoms with Gasteiger partial charge in [0.05, 0.1) is 10.6 Å². The summed E-state index contributed by atoms with van der Waals surface area (Å²) in [4.78, 5) is 15.8. The Morgan fingerprint density at radius 3 is 2.70 bits per heavy atom. The van der Waals surface area contributed by atoms with Gasteiger partial charge >= 0.3 is 0 Å². The van der Waals surface area contributed by atoms with Crippen LogP contribution < -0.4 is 5.32 Å². The molecule has 1 N–H and O–H groups in total. The van der Waals surface area contributed by atoms with E-state index in [2.05, 4.69) is 23.0 Å². The minimum Gasteiger partial charge on any atom is -0.341 e. The van der Waals surface area contributed by atoms with Gasteiger partial charge in [-0.15, -0.1) is 11.3 Å². The number of thiophene rings is 1. The minimum atomic E-state index is 0.130. The fourth-order valence-corrected chi connectivity index (χ4v) is 4.32. The molecule has 4 rings (SSSR count). The summed E-state index contributed by atoms with van der Waals surface area (Å²) in [6.07, 6.45) is 3.89. The Morgan fingerprint density at radius 2 is 2.00 bits per heavy atom. The van der Waals surface area contributed by atoms with E-state index in [1.165, 1.54) is 0 Å². The van der Waals surface area contributed by atoms with Crippen LogP contribution in [0.15, 0.2) is 54.0 Å². The fraction of sp³-hybridized carbons (Fsp3) is 0.333. The number of amides is 1. The molecule has 2 aromatic heterocycles. The van der Waals surface area contributed by atoms with Crippen LogP contribution in [0.5, 0.6) is 0 Å². The molecule has 0 aliphatic carbocycles. The highest BCUT2D eigenvalue weighted by molar-refractivity contribution is 7.13. The Hall–Kier alpha value is -2.44. The monoisotopic (exact) mass is 380 g/mol. The highest BCUT2D eigenvalue weighted by Crippen LogP contribution is 2.29. The Morgan fingerprint density at radius 1 is 1.22 bits per heavy atom. The molecule has 1 amide bonds. The average Bonchev–Trinajstić information content (AvgIpc) is 3.38. The van der Waals surface area contributed by atoms with E-state index in [0.29, 0.717) is 6.54 Å². The van der Waals surface area contributed by atoms with Crippen LogP contribution in [0.1, 0.15) is 18.4 Å². The van der Waals surface area contributed by atoms with Gasteiger partial charge in [0.1, 0.15) is 5.69 Å². The number of rotatable bonds is 5. The number of carbonyl (C=O) groups is 1. The molecule has 1 aliphatic heterocycles. The van der Waals surface area contributed by atoms with Crippen LogP contribution in [0.3, 0.4) is 0 Å². The van der Waals surface area contributed by atoms with E-state index in [0.717, 1.165) is 47.8 Å². The molecule has 1 aliphatic rings. The van der Waals surface area contributed by atoms with Gasteiger partial charge < -0.3 is 10.2 Å². The Kier molecular flexibility index (Phi) is 5.36. The van der Waals surface area contributed by atoms with E-state index in [1.54, 1.807) is 11.3 Å². The van der Waals surface area contributed by atoms with Crippen molar-refractivity contribution >= 4 is 17.2 Å². The van der Waals surface area contributed by atoms with Gasteiger partial charge in [0, 0.05) is 31.3 Å². The third-order valence-corrected chi connectivity index (χ3v) is 5.91. The van der Waals surface area contributed by atoms with Gasteiger partial charge in [0.15, 0.2) is 0 Å². The number of para-hydroxylation sites is 1. The molecule has 3 aromatic rings. The Labute approximate surface area is 163 Å². The molecule has 3 heterocycles. The number of aromatic nitrogens is 2. The lowest BCUT2D eigenvalue weighted by molar-refractivity contribution is -0.135. The number of nitrogens with zero attached hydrogens (tertiary/aromatic N) is 3. The SMILES string of the molecule is CN(Cc1cn(-c2ccccc2)nc1-c1cccs1)C(=O)C1CCNCC1. The average molecular weight is 381 g/mol. The van der Waals surface area contributed by atoms with Gasteiger partial charge in [-0.25, -0.2) is 4.68 Å². The van der Waals surface area contributed by atoms with E-state index >= 15 is 0 Å². The second-order valence-electron chi connectivity index (χ2n) is 6.98. The molecule has 0 saturated carbocycles. The van der Waals surface area contributed by atoms with Crippen LogP contribution in [0, 0.1) is 5.92 Å². The molecule has 0 radical (unpaired) electrons. The summed E-state index contributed by atoms with van der Waals surface area (Å²) in [6.45, 7) is 2.43. The molecule has 27 heavy (non-hydrogen) atoms. The van der Waals surface area contributed by atoms with Gasteiger partial charge in [0.25, 0.3) is 0 Å². The maximum Gasteiger partial charge on any atom is 0.225 e. The van der Waals surface area contributed by atoms with Crippen LogP contribution >= 0.6 is 11.3 Å². The number of benzene rings is 1. The highest BCUT2D eigenvalue weighted by atomic mass is 32.1. The topological polar surface area (TPSA) is 50.2 Å². The first-order valence-corrected chi connectivity index (χ1v) is 10.2. The van der Waals surface area contributed by atoms with E-state index < -0.39 is 0 Å². The summed E-state index contributed by atoms with van der Waals surface area (Å²) in [7, 11) is 1.91. The van der Waals surface area contributed by atoms with Crippen molar-refractivity contribution in [3.8, 4) is 16.3 Å². The third-order valence-electron chi connectivity index (χ3n) is 5.04. The number of nitrogens with one attached hydrogen (secondary N) is 1. The molecule has 6 heteroatoms. The zero-order valence-electron chi connectivity index (χ0n) is 15.5. The molecule has 140 valence electrons. The Balaban J connectivity index is 1.60. The van der Waals surface area contributed by atoms with E-state index in [-0.39, 0.29) is 11.8 Å². The normalized spacial score (nSPS) is 15.0. The summed E-state index contributed by atoms with van der Waals surface area (Å²) in [5.74, 6) is 0.367. The summed E-state index contributed by atoms with van der Waals surface area (Å²) in [6, 6.07) is 14.2. The number of carbonyl (C=O) groups excluding carboxylic acids is 1. The highest BCUT2D eigenvalue weighted by Gasteiger charge is 2.25. The first kappa shape index (κ1) is 17.9. The van der Waals surface area contributed by atoms with E-state index in [9.17, 15) is 4.79 Å². The lowest BCUT2D eigenvalue weighted by atomic mass is 9.96. The smallest absolute Gasteiger partial charge is 0.225 e. The number of hydrogen-bond donors (Lipinski definition) is 1. The molecular formula is C21H24N4OS.